The average molecular weight is 276 g/mol. The Morgan fingerprint density at radius 3 is 2.67 bits per heavy atom. The molecule has 0 saturated heterocycles. The topological polar surface area (TPSA) is 42.0 Å². The third-order valence-electron chi connectivity index (χ3n) is 3.40. The van der Waals surface area contributed by atoms with Gasteiger partial charge in [0.05, 0.1) is 0 Å². The highest BCUT2D eigenvalue weighted by Gasteiger charge is 2.04. The highest BCUT2D eigenvalue weighted by molar-refractivity contribution is 5.94. The maximum absolute atomic E-state index is 12.0. The molecule has 0 spiro atoms. The summed E-state index contributed by atoms with van der Waals surface area (Å²) in [5.41, 5.74) is 1.91. The second-order valence-electron chi connectivity index (χ2n) is 4.97. The van der Waals surface area contributed by atoms with Crippen LogP contribution in [0, 0.1) is 0 Å². The summed E-state index contributed by atoms with van der Waals surface area (Å²) >= 11 is 0. The van der Waals surface area contributed by atoms with Gasteiger partial charge in [-0.3, -0.25) is 9.78 Å². The Balaban J connectivity index is 1.63. The Hall–Kier alpha value is -2.68. The fourth-order valence-electron chi connectivity index (χ4n) is 2.29. The van der Waals surface area contributed by atoms with Crippen molar-refractivity contribution >= 4 is 22.4 Å². The largest absolute Gasteiger partial charge is 0.326 e. The Kier molecular flexibility index (Phi) is 3.92. The highest BCUT2D eigenvalue weighted by Crippen LogP contribution is 2.19. The van der Waals surface area contributed by atoms with Crippen LogP contribution in [0.15, 0.2) is 67.0 Å². The summed E-state index contributed by atoms with van der Waals surface area (Å²) in [5, 5.41) is 5.24. The number of aryl methyl sites for hydroxylation is 1. The first-order valence-electron chi connectivity index (χ1n) is 6.99. The van der Waals surface area contributed by atoms with Gasteiger partial charge < -0.3 is 5.32 Å². The molecule has 3 nitrogen and oxygen atoms in total. The molecule has 3 rings (SSSR count). The molecule has 0 fully saturated rings. The van der Waals surface area contributed by atoms with Crippen molar-refractivity contribution in [3.05, 3.63) is 72.6 Å². The zero-order chi connectivity index (χ0) is 14.5. The first-order chi connectivity index (χ1) is 10.3. The average Bonchev–Trinajstić information content (AvgIpc) is 2.54. The van der Waals surface area contributed by atoms with E-state index in [1.165, 1.54) is 5.39 Å². The van der Waals surface area contributed by atoms with E-state index >= 15 is 0 Å². The number of pyridine rings is 1. The molecule has 1 amide bonds. The van der Waals surface area contributed by atoms with Gasteiger partial charge in [0.2, 0.25) is 5.91 Å². The Bertz CT molecular complexity index is 753. The van der Waals surface area contributed by atoms with Gasteiger partial charge in [-0.2, -0.15) is 0 Å². The Morgan fingerprint density at radius 2 is 1.86 bits per heavy atom. The van der Waals surface area contributed by atoms with Crippen molar-refractivity contribution in [2.45, 2.75) is 12.8 Å². The molecule has 1 aromatic heterocycles. The molecule has 0 aliphatic heterocycles. The zero-order valence-corrected chi connectivity index (χ0v) is 11.6. The monoisotopic (exact) mass is 276 g/mol. The number of carbonyl (C=O) groups excluding carboxylic acids is 1. The molecule has 0 atom stereocenters. The molecule has 3 heteroatoms. The van der Waals surface area contributed by atoms with E-state index in [4.69, 9.17) is 0 Å². The molecule has 21 heavy (non-hydrogen) atoms. The minimum atomic E-state index is 0.0223. The van der Waals surface area contributed by atoms with Gasteiger partial charge in [0, 0.05) is 24.5 Å². The van der Waals surface area contributed by atoms with Crippen molar-refractivity contribution in [1.29, 1.82) is 0 Å². The molecule has 0 aliphatic carbocycles. The summed E-state index contributed by atoms with van der Waals surface area (Å²) in [4.78, 5) is 16.0. The SMILES string of the molecule is O=C(CCc1cccnc1)Nc1ccc2ccccc2c1. The van der Waals surface area contributed by atoms with Crippen LogP contribution in [0.2, 0.25) is 0 Å². The predicted molar refractivity (Wildman–Crippen MR) is 85.1 cm³/mol. The molecule has 0 bridgehead atoms. The number of carbonyl (C=O) groups is 1. The van der Waals surface area contributed by atoms with Crippen LogP contribution in [-0.4, -0.2) is 10.9 Å². The summed E-state index contributed by atoms with van der Waals surface area (Å²) in [5.74, 6) is 0.0223. The summed E-state index contributed by atoms with van der Waals surface area (Å²) < 4.78 is 0. The van der Waals surface area contributed by atoms with Gasteiger partial charge in [0.15, 0.2) is 0 Å². The Labute approximate surface area is 123 Å². The van der Waals surface area contributed by atoms with Gasteiger partial charge in [-0.15, -0.1) is 0 Å². The number of aromatic nitrogens is 1. The predicted octanol–water partition coefficient (Wildman–Crippen LogP) is 3.81. The molecule has 1 N–H and O–H groups in total. The van der Waals surface area contributed by atoms with Crippen LogP contribution < -0.4 is 5.32 Å². The lowest BCUT2D eigenvalue weighted by molar-refractivity contribution is -0.116. The first-order valence-corrected chi connectivity index (χ1v) is 6.99. The maximum Gasteiger partial charge on any atom is 0.224 e. The Morgan fingerprint density at radius 1 is 1.00 bits per heavy atom. The summed E-state index contributed by atoms with van der Waals surface area (Å²) in [6.45, 7) is 0. The summed E-state index contributed by atoms with van der Waals surface area (Å²) in [6, 6.07) is 17.9. The van der Waals surface area contributed by atoms with Gasteiger partial charge in [-0.1, -0.05) is 36.4 Å². The number of nitrogens with zero attached hydrogens (tertiary/aromatic N) is 1. The van der Waals surface area contributed by atoms with Crippen LogP contribution in [0.3, 0.4) is 0 Å². The number of rotatable bonds is 4. The van der Waals surface area contributed by atoms with Gasteiger partial charge in [0.1, 0.15) is 0 Å². The second kappa shape index (κ2) is 6.18. The molecule has 0 unspecified atom stereocenters. The van der Waals surface area contributed by atoms with E-state index in [1.54, 1.807) is 12.4 Å². The van der Waals surface area contributed by atoms with Crippen LogP contribution in [-0.2, 0) is 11.2 Å². The van der Waals surface area contributed by atoms with E-state index < -0.39 is 0 Å². The van der Waals surface area contributed by atoms with Crippen LogP contribution in [0.4, 0.5) is 5.69 Å². The number of fused-ring (bicyclic) bond motifs is 1. The number of hydrogen-bond donors (Lipinski definition) is 1. The minimum Gasteiger partial charge on any atom is -0.326 e. The van der Waals surface area contributed by atoms with Crippen molar-refractivity contribution < 1.29 is 4.79 Å². The molecular formula is C18H16N2O. The summed E-state index contributed by atoms with van der Waals surface area (Å²) in [6.07, 6.45) is 4.69. The van der Waals surface area contributed by atoms with Crippen molar-refractivity contribution in [1.82, 2.24) is 4.98 Å². The normalized spacial score (nSPS) is 10.5. The zero-order valence-electron chi connectivity index (χ0n) is 11.6. The molecule has 0 radical (unpaired) electrons. The van der Waals surface area contributed by atoms with Crippen molar-refractivity contribution in [2.75, 3.05) is 5.32 Å². The fourth-order valence-corrected chi connectivity index (χ4v) is 2.29. The molecule has 1 heterocycles. The van der Waals surface area contributed by atoms with E-state index in [0.717, 1.165) is 16.6 Å². The van der Waals surface area contributed by atoms with E-state index in [-0.39, 0.29) is 5.91 Å². The quantitative estimate of drug-likeness (QED) is 0.787. The van der Waals surface area contributed by atoms with Crippen LogP contribution in [0.5, 0.6) is 0 Å². The number of amides is 1. The first kappa shape index (κ1) is 13.3. The third-order valence-corrected chi connectivity index (χ3v) is 3.40. The van der Waals surface area contributed by atoms with E-state index in [2.05, 4.69) is 16.4 Å². The van der Waals surface area contributed by atoms with Gasteiger partial charge in [-0.25, -0.2) is 0 Å². The highest BCUT2D eigenvalue weighted by atomic mass is 16.1. The van der Waals surface area contributed by atoms with Crippen molar-refractivity contribution in [2.24, 2.45) is 0 Å². The molecule has 3 aromatic rings. The molecule has 0 aliphatic rings. The molecule has 104 valence electrons. The van der Waals surface area contributed by atoms with Crippen LogP contribution >= 0.6 is 0 Å². The standard InChI is InChI=1S/C18H16N2O/c21-18(10-7-14-4-3-11-19-13-14)20-17-9-8-15-5-1-2-6-16(15)12-17/h1-6,8-9,11-13H,7,10H2,(H,20,21). The number of hydrogen-bond acceptors (Lipinski definition) is 2. The smallest absolute Gasteiger partial charge is 0.224 e. The van der Waals surface area contributed by atoms with Gasteiger partial charge in [-0.05, 0) is 41.0 Å². The lowest BCUT2D eigenvalue weighted by atomic mass is 10.1. The van der Waals surface area contributed by atoms with Crippen LogP contribution in [0.25, 0.3) is 10.8 Å². The van der Waals surface area contributed by atoms with E-state index in [9.17, 15) is 4.79 Å². The van der Waals surface area contributed by atoms with E-state index in [1.807, 2.05) is 48.5 Å². The van der Waals surface area contributed by atoms with Gasteiger partial charge in [0.25, 0.3) is 0 Å². The molecule has 2 aromatic carbocycles. The summed E-state index contributed by atoms with van der Waals surface area (Å²) in [7, 11) is 0. The second-order valence-corrected chi connectivity index (χ2v) is 4.97. The van der Waals surface area contributed by atoms with Crippen molar-refractivity contribution in [3.63, 3.8) is 0 Å². The number of benzene rings is 2. The molecular weight excluding hydrogens is 260 g/mol. The molecule has 0 saturated carbocycles. The lowest BCUT2D eigenvalue weighted by Gasteiger charge is -2.06. The van der Waals surface area contributed by atoms with Crippen LogP contribution in [0.1, 0.15) is 12.0 Å². The fraction of sp³-hybridized carbons (Fsp3) is 0.111. The number of nitrogens with one attached hydrogen (secondary N) is 1. The van der Waals surface area contributed by atoms with Gasteiger partial charge >= 0.3 is 0 Å². The number of anilines is 1. The maximum atomic E-state index is 12.0. The van der Waals surface area contributed by atoms with E-state index in [0.29, 0.717) is 12.8 Å². The minimum absolute atomic E-state index is 0.0223. The lowest BCUT2D eigenvalue weighted by Crippen LogP contribution is -2.12. The van der Waals surface area contributed by atoms with Crippen molar-refractivity contribution in [3.8, 4) is 0 Å². The third kappa shape index (κ3) is 3.45.